The number of hydrogen-bond acceptors (Lipinski definition) is 1. The van der Waals surface area contributed by atoms with Crippen LogP contribution in [0, 0.1) is 0 Å². The van der Waals surface area contributed by atoms with Crippen LogP contribution in [0.5, 0.6) is 0 Å². The Morgan fingerprint density at radius 3 is 2.00 bits per heavy atom. The van der Waals surface area contributed by atoms with Crippen molar-refractivity contribution in [2.75, 3.05) is 13.6 Å². The Bertz CT molecular complexity index is 226. The highest BCUT2D eigenvalue weighted by atomic mass is 14.8. The summed E-state index contributed by atoms with van der Waals surface area (Å²) in [7, 11) is 2.00. The molecule has 0 bridgehead atoms. The van der Waals surface area contributed by atoms with Gasteiger partial charge in [0.25, 0.3) is 0 Å². The summed E-state index contributed by atoms with van der Waals surface area (Å²) in [4.78, 5) is 0. The Hall–Kier alpha value is -0.820. The van der Waals surface area contributed by atoms with Crippen LogP contribution >= 0.6 is 0 Å². The second kappa shape index (κ2) is 9.72. The highest BCUT2D eigenvalue weighted by Crippen LogP contribution is 2.06. The zero-order valence-electron chi connectivity index (χ0n) is 10.6. The fourth-order valence-corrected chi connectivity index (χ4v) is 1.41. The molecule has 0 unspecified atom stereocenters. The molecule has 0 fully saturated rings. The van der Waals surface area contributed by atoms with Crippen molar-refractivity contribution in [3.05, 3.63) is 35.4 Å². The first-order chi connectivity index (χ1) is 7.36. The molecule has 0 saturated heterocycles. The molecule has 86 valence electrons. The van der Waals surface area contributed by atoms with Gasteiger partial charge in [0.15, 0.2) is 0 Å². The van der Waals surface area contributed by atoms with Crippen LogP contribution in [0.1, 0.15) is 38.3 Å². The first kappa shape index (κ1) is 14.2. The van der Waals surface area contributed by atoms with Crippen LogP contribution in [0.15, 0.2) is 24.3 Å². The molecule has 0 atom stereocenters. The third kappa shape index (κ3) is 6.29. The normalized spacial score (nSPS) is 9.33. The van der Waals surface area contributed by atoms with Crippen molar-refractivity contribution >= 4 is 0 Å². The van der Waals surface area contributed by atoms with Gasteiger partial charge in [-0.3, -0.25) is 0 Å². The van der Waals surface area contributed by atoms with E-state index in [2.05, 4.69) is 36.5 Å². The standard InChI is InChI=1S/C12H19N.C2H6/c1-3-11-6-8-12(9-7-11)5-4-10-13-2;1-2/h6-9,13H,3-5,10H2,1-2H3;1-2H3. The summed E-state index contributed by atoms with van der Waals surface area (Å²) in [6.07, 6.45) is 3.55. The van der Waals surface area contributed by atoms with E-state index in [0.29, 0.717) is 0 Å². The number of rotatable bonds is 5. The molecule has 0 spiro atoms. The monoisotopic (exact) mass is 207 g/mol. The van der Waals surface area contributed by atoms with Gasteiger partial charge in [0.2, 0.25) is 0 Å². The third-order valence-corrected chi connectivity index (χ3v) is 2.32. The molecule has 1 aromatic rings. The van der Waals surface area contributed by atoms with Crippen molar-refractivity contribution in [1.82, 2.24) is 5.32 Å². The van der Waals surface area contributed by atoms with E-state index in [1.165, 1.54) is 24.0 Å². The van der Waals surface area contributed by atoms with Gasteiger partial charge < -0.3 is 5.32 Å². The lowest BCUT2D eigenvalue weighted by Gasteiger charge is -2.02. The summed E-state index contributed by atoms with van der Waals surface area (Å²) in [6, 6.07) is 8.95. The summed E-state index contributed by atoms with van der Waals surface area (Å²) < 4.78 is 0. The molecule has 0 heterocycles. The SMILES string of the molecule is CC.CCc1ccc(CCCNC)cc1. The van der Waals surface area contributed by atoms with Crippen molar-refractivity contribution in [2.45, 2.75) is 40.0 Å². The molecule has 1 N–H and O–H groups in total. The van der Waals surface area contributed by atoms with Gasteiger partial charge in [-0.25, -0.2) is 0 Å². The highest BCUT2D eigenvalue weighted by Gasteiger charge is 1.92. The first-order valence-electron chi connectivity index (χ1n) is 6.09. The molecule has 0 saturated carbocycles. The van der Waals surface area contributed by atoms with Gasteiger partial charge >= 0.3 is 0 Å². The van der Waals surface area contributed by atoms with E-state index >= 15 is 0 Å². The van der Waals surface area contributed by atoms with E-state index in [-0.39, 0.29) is 0 Å². The maximum Gasteiger partial charge on any atom is -0.00488 e. The highest BCUT2D eigenvalue weighted by molar-refractivity contribution is 5.22. The molecule has 0 aliphatic carbocycles. The van der Waals surface area contributed by atoms with Crippen molar-refractivity contribution in [2.24, 2.45) is 0 Å². The maximum absolute atomic E-state index is 3.16. The van der Waals surface area contributed by atoms with E-state index < -0.39 is 0 Å². The van der Waals surface area contributed by atoms with Crippen molar-refractivity contribution < 1.29 is 0 Å². The van der Waals surface area contributed by atoms with Crippen LogP contribution < -0.4 is 5.32 Å². The summed E-state index contributed by atoms with van der Waals surface area (Å²) in [6.45, 7) is 7.30. The van der Waals surface area contributed by atoms with Gasteiger partial charge in [-0.1, -0.05) is 45.0 Å². The van der Waals surface area contributed by atoms with E-state index in [1.54, 1.807) is 0 Å². The van der Waals surface area contributed by atoms with E-state index in [9.17, 15) is 0 Å². The van der Waals surface area contributed by atoms with Crippen LogP contribution in [0.4, 0.5) is 0 Å². The average molecular weight is 207 g/mol. The van der Waals surface area contributed by atoms with Gasteiger partial charge in [0.1, 0.15) is 0 Å². The lowest BCUT2D eigenvalue weighted by molar-refractivity contribution is 0.724. The fraction of sp³-hybridized carbons (Fsp3) is 0.571. The quantitative estimate of drug-likeness (QED) is 0.729. The van der Waals surface area contributed by atoms with Gasteiger partial charge in [0.05, 0.1) is 0 Å². The second-order valence-corrected chi connectivity index (χ2v) is 3.38. The van der Waals surface area contributed by atoms with E-state index in [0.717, 1.165) is 13.0 Å². The number of aryl methyl sites for hydroxylation is 2. The van der Waals surface area contributed by atoms with Crippen LogP contribution in [0.2, 0.25) is 0 Å². The third-order valence-electron chi connectivity index (χ3n) is 2.32. The number of benzene rings is 1. The summed E-state index contributed by atoms with van der Waals surface area (Å²) in [5, 5.41) is 3.16. The molecule has 0 amide bonds. The van der Waals surface area contributed by atoms with E-state index in [4.69, 9.17) is 0 Å². The maximum atomic E-state index is 3.16. The molecular formula is C14H25N. The minimum absolute atomic E-state index is 1.11. The van der Waals surface area contributed by atoms with Crippen LogP contribution in [-0.4, -0.2) is 13.6 Å². The Morgan fingerprint density at radius 1 is 1.00 bits per heavy atom. The summed E-state index contributed by atoms with van der Waals surface area (Å²) in [5.41, 5.74) is 2.88. The molecule has 0 aliphatic rings. The van der Waals surface area contributed by atoms with Crippen LogP contribution in [0.3, 0.4) is 0 Å². The zero-order valence-corrected chi connectivity index (χ0v) is 10.6. The molecule has 0 aliphatic heterocycles. The molecule has 1 aromatic carbocycles. The molecule has 1 nitrogen and oxygen atoms in total. The molecule has 0 aromatic heterocycles. The van der Waals surface area contributed by atoms with Gasteiger partial charge in [-0.15, -0.1) is 0 Å². The van der Waals surface area contributed by atoms with E-state index in [1.807, 2.05) is 20.9 Å². The van der Waals surface area contributed by atoms with Crippen LogP contribution in [-0.2, 0) is 12.8 Å². The Labute approximate surface area is 94.9 Å². The summed E-state index contributed by atoms with van der Waals surface area (Å²) in [5.74, 6) is 0. The minimum atomic E-state index is 1.11. The first-order valence-corrected chi connectivity index (χ1v) is 6.09. The number of hydrogen-bond donors (Lipinski definition) is 1. The van der Waals surface area contributed by atoms with Crippen molar-refractivity contribution in [1.29, 1.82) is 0 Å². The van der Waals surface area contributed by atoms with Gasteiger partial charge in [-0.05, 0) is 44.0 Å². The molecule has 1 heteroatoms. The Balaban J connectivity index is 0.000000921. The molecular weight excluding hydrogens is 182 g/mol. The minimum Gasteiger partial charge on any atom is -0.320 e. The largest absolute Gasteiger partial charge is 0.320 e. The summed E-state index contributed by atoms with van der Waals surface area (Å²) >= 11 is 0. The lowest BCUT2D eigenvalue weighted by atomic mass is 10.1. The lowest BCUT2D eigenvalue weighted by Crippen LogP contribution is -2.08. The second-order valence-electron chi connectivity index (χ2n) is 3.38. The average Bonchev–Trinajstić information content (AvgIpc) is 2.33. The van der Waals surface area contributed by atoms with Gasteiger partial charge in [-0.2, -0.15) is 0 Å². The Kier molecular flexibility index (Phi) is 9.19. The Morgan fingerprint density at radius 2 is 1.53 bits per heavy atom. The molecule has 0 radical (unpaired) electrons. The predicted molar refractivity (Wildman–Crippen MR) is 69.4 cm³/mol. The van der Waals surface area contributed by atoms with Gasteiger partial charge in [0, 0.05) is 0 Å². The molecule has 1 rings (SSSR count). The van der Waals surface area contributed by atoms with Crippen molar-refractivity contribution in [3.63, 3.8) is 0 Å². The fourth-order valence-electron chi connectivity index (χ4n) is 1.41. The van der Waals surface area contributed by atoms with Crippen LogP contribution in [0.25, 0.3) is 0 Å². The number of nitrogens with one attached hydrogen (secondary N) is 1. The predicted octanol–water partition coefficient (Wildman–Crippen LogP) is 3.43. The zero-order chi connectivity index (χ0) is 11.5. The topological polar surface area (TPSA) is 12.0 Å². The van der Waals surface area contributed by atoms with Crippen molar-refractivity contribution in [3.8, 4) is 0 Å². The molecule has 15 heavy (non-hydrogen) atoms. The smallest absolute Gasteiger partial charge is 0.00488 e.